The van der Waals surface area contributed by atoms with E-state index in [0.717, 1.165) is 43.1 Å². The third-order valence-electron chi connectivity index (χ3n) is 4.88. The fraction of sp³-hybridized carbons (Fsp3) is 0.200. The zero-order valence-electron chi connectivity index (χ0n) is 17.1. The van der Waals surface area contributed by atoms with Gasteiger partial charge < -0.3 is 19.1 Å². The number of morpholine rings is 1. The highest BCUT2D eigenvalue weighted by Crippen LogP contribution is 2.20. The van der Waals surface area contributed by atoms with Gasteiger partial charge in [0.25, 0.3) is 0 Å². The van der Waals surface area contributed by atoms with E-state index in [2.05, 4.69) is 22.0 Å². The van der Waals surface area contributed by atoms with Crippen LogP contribution in [0.15, 0.2) is 79.1 Å². The number of aromatic nitrogens is 1. The molecule has 3 aromatic rings. The number of carbonyl (C=O) groups excluding carboxylic acids is 1. The van der Waals surface area contributed by atoms with Gasteiger partial charge >= 0.3 is 5.97 Å². The summed E-state index contributed by atoms with van der Waals surface area (Å²) in [5.74, 6) is 0.740. The van der Waals surface area contributed by atoms with Crippen molar-refractivity contribution in [2.75, 3.05) is 31.2 Å². The molecular formula is C25H24N2O4. The SMILES string of the molecule is O=C(/C=C/c1ccc(N2CCOCC2)cc1)Oc1ccc(OCc2ccncc2)cc1. The molecule has 0 N–H and O–H groups in total. The average Bonchev–Trinajstić information content (AvgIpc) is 2.84. The molecule has 0 spiro atoms. The van der Waals surface area contributed by atoms with E-state index in [1.54, 1.807) is 42.7 Å². The van der Waals surface area contributed by atoms with Gasteiger partial charge in [-0.3, -0.25) is 4.98 Å². The van der Waals surface area contributed by atoms with E-state index in [0.29, 0.717) is 18.1 Å². The van der Waals surface area contributed by atoms with Crippen molar-refractivity contribution in [3.63, 3.8) is 0 Å². The zero-order chi connectivity index (χ0) is 21.3. The molecule has 158 valence electrons. The number of esters is 1. The molecule has 6 nitrogen and oxygen atoms in total. The fourth-order valence-corrected chi connectivity index (χ4v) is 3.18. The lowest BCUT2D eigenvalue weighted by atomic mass is 10.1. The van der Waals surface area contributed by atoms with Gasteiger partial charge in [0.15, 0.2) is 0 Å². The summed E-state index contributed by atoms with van der Waals surface area (Å²) in [6.07, 6.45) is 6.63. The number of anilines is 1. The minimum absolute atomic E-state index is 0.428. The Morgan fingerprint density at radius 3 is 2.32 bits per heavy atom. The van der Waals surface area contributed by atoms with Crippen LogP contribution in [0, 0.1) is 0 Å². The van der Waals surface area contributed by atoms with Crippen molar-refractivity contribution in [3.05, 3.63) is 90.3 Å². The highest BCUT2D eigenvalue weighted by Gasteiger charge is 2.10. The van der Waals surface area contributed by atoms with Crippen LogP contribution in [0.5, 0.6) is 11.5 Å². The van der Waals surface area contributed by atoms with E-state index in [9.17, 15) is 4.79 Å². The predicted octanol–water partition coefficient (Wildman–Crippen LogP) is 4.12. The lowest BCUT2D eigenvalue weighted by molar-refractivity contribution is -0.128. The fourth-order valence-electron chi connectivity index (χ4n) is 3.18. The standard InChI is InChI=1S/C25H24N2O4/c28-25(10-3-20-1-4-22(5-2-20)27-15-17-29-18-16-27)31-24-8-6-23(7-9-24)30-19-21-11-13-26-14-12-21/h1-14H,15-19H2/b10-3+. The number of pyridine rings is 1. The molecule has 0 radical (unpaired) electrons. The van der Waals surface area contributed by atoms with Crippen LogP contribution >= 0.6 is 0 Å². The van der Waals surface area contributed by atoms with Crippen molar-refractivity contribution in [2.24, 2.45) is 0 Å². The average molecular weight is 416 g/mol. The molecule has 0 saturated carbocycles. The van der Waals surface area contributed by atoms with Crippen LogP contribution in [-0.4, -0.2) is 37.3 Å². The summed E-state index contributed by atoms with van der Waals surface area (Å²) < 4.78 is 16.5. The second kappa shape index (κ2) is 10.4. The summed E-state index contributed by atoms with van der Waals surface area (Å²) >= 11 is 0. The third kappa shape index (κ3) is 6.17. The maximum Gasteiger partial charge on any atom is 0.336 e. The summed E-state index contributed by atoms with van der Waals surface area (Å²) in [6.45, 7) is 3.76. The molecule has 0 atom stereocenters. The molecule has 0 unspecified atom stereocenters. The molecule has 1 fully saturated rings. The van der Waals surface area contributed by atoms with Crippen molar-refractivity contribution in [2.45, 2.75) is 6.61 Å². The Labute approximate surface area is 181 Å². The van der Waals surface area contributed by atoms with Gasteiger partial charge in [0.1, 0.15) is 18.1 Å². The summed E-state index contributed by atoms with van der Waals surface area (Å²) in [7, 11) is 0. The number of nitrogens with zero attached hydrogens (tertiary/aromatic N) is 2. The van der Waals surface area contributed by atoms with E-state index in [1.807, 2.05) is 24.3 Å². The molecule has 1 aliphatic heterocycles. The molecule has 1 saturated heterocycles. The van der Waals surface area contributed by atoms with Gasteiger partial charge in [-0.2, -0.15) is 0 Å². The Hall–Kier alpha value is -3.64. The molecule has 4 rings (SSSR count). The van der Waals surface area contributed by atoms with Gasteiger partial charge in [-0.1, -0.05) is 12.1 Å². The largest absolute Gasteiger partial charge is 0.489 e. The van der Waals surface area contributed by atoms with Crippen LogP contribution in [0.1, 0.15) is 11.1 Å². The van der Waals surface area contributed by atoms with Gasteiger partial charge in [-0.15, -0.1) is 0 Å². The second-order valence-electron chi connectivity index (χ2n) is 7.06. The van der Waals surface area contributed by atoms with Crippen molar-refractivity contribution < 1.29 is 19.0 Å². The predicted molar refractivity (Wildman–Crippen MR) is 119 cm³/mol. The van der Waals surface area contributed by atoms with Gasteiger partial charge in [-0.25, -0.2) is 4.79 Å². The Balaban J connectivity index is 1.26. The molecule has 2 aromatic carbocycles. The topological polar surface area (TPSA) is 60.9 Å². The third-order valence-corrected chi connectivity index (χ3v) is 4.88. The van der Waals surface area contributed by atoms with Crippen LogP contribution in [0.4, 0.5) is 5.69 Å². The first-order valence-electron chi connectivity index (χ1n) is 10.2. The number of carbonyl (C=O) groups is 1. The van der Waals surface area contributed by atoms with Gasteiger partial charge in [0.05, 0.1) is 13.2 Å². The van der Waals surface area contributed by atoms with Crippen LogP contribution in [-0.2, 0) is 16.1 Å². The second-order valence-corrected chi connectivity index (χ2v) is 7.06. The molecule has 0 bridgehead atoms. The smallest absolute Gasteiger partial charge is 0.336 e. The number of hydrogen-bond donors (Lipinski definition) is 0. The van der Waals surface area contributed by atoms with E-state index in [4.69, 9.17) is 14.2 Å². The molecule has 2 heterocycles. The minimum atomic E-state index is -0.428. The highest BCUT2D eigenvalue weighted by atomic mass is 16.5. The van der Waals surface area contributed by atoms with Gasteiger partial charge in [0.2, 0.25) is 0 Å². The lowest BCUT2D eigenvalue weighted by Gasteiger charge is -2.28. The molecule has 0 amide bonds. The van der Waals surface area contributed by atoms with Crippen LogP contribution in [0.2, 0.25) is 0 Å². The Morgan fingerprint density at radius 2 is 1.61 bits per heavy atom. The van der Waals surface area contributed by atoms with Crippen molar-refractivity contribution in [1.82, 2.24) is 4.98 Å². The van der Waals surface area contributed by atoms with Crippen LogP contribution in [0.3, 0.4) is 0 Å². The Bertz CT molecular complexity index is 996. The van der Waals surface area contributed by atoms with Gasteiger partial charge in [-0.05, 0) is 65.7 Å². The Kier molecular flexibility index (Phi) is 6.92. The van der Waals surface area contributed by atoms with E-state index in [-0.39, 0.29) is 0 Å². The number of benzene rings is 2. The molecule has 31 heavy (non-hydrogen) atoms. The minimum Gasteiger partial charge on any atom is -0.489 e. The highest BCUT2D eigenvalue weighted by molar-refractivity contribution is 5.88. The maximum absolute atomic E-state index is 12.1. The van der Waals surface area contributed by atoms with Crippen molar-refractivity contribution >= 4 is 17.7 Å². The molecular weight excluding hydrogens is 392 g/mol. The molecule has 6 heteroatoms. The maximum atomic E-state index is 12.1. The first-order valence-corrected chi connectivity index (χ1v) is 10.2. The Morgan fingerprint density at radius 1 is 0.935 bits per heavy atom. The summed E-state index contributed by atoms with van der Waals surface area (Å²) in [5.41, 5.74) is 3.14. The lowest BCUT2D eigenvalue weighted by Crippen LogP contribution is -2.36. The van der Waals surface area contributed by atoms with Crippen molar-refractivity contribution in [1.29, 1.82) is 0 Å². The zero-order valence-corrected chi connectivity index (χ0v) is 17.1. The normalized spacial score (nSPS) is 13.9. The quantitative estimate of drug-likeness (QED) is 0.328. The number of rotatable bonds is 7. The first kappa shape index (κ1) is 20.6. The molecule has 1 aromatic heterocycles. The van der Waals surface area contributed by atoms with Gasteiger partial charge in [0, 0.05) is 37.2 Å². The summed E-state index contributed by atoms with van der Waals surface area (Å²) in [5, 5.41) is 0. The summed E-state index contributed by atoms with van der Waals surface area (Å²) in [6, 6.07) is 18.9. The van der Waals surface area contributed by atoms with Crippen LogP contribution in [0.25, 0.3) is 6.08 Å². The van der Waals surface area contributed by atoms with Crippen molar-refractivity contribution in [3.8, 4) is 11.5 Å². The summed E-state index contributed by atoms with van der Waals surface area (Å²) in [4.78, 5) is 18.4. The van der Waals surface area contributed by atoms with E-state index >= 15 is 0 Å². The molecule has 0 aliphatic carbocycles. The monoisotopic (exact) mass is 416 g/mol. The van der Waals surface area contributed by atoms with E-state index < -0.39 is 5.97 Å². The first-order chi connectivity index (χ1) is 15.3. The molecule has 1 aliphatic rings. The van der Waals surface area contributed by atoms with E-state index in [1.165, 1.54) is 6.08 Å². The number of hydrogen-bond acceptors (Lipinski definition) is 6. The van der Waals surface area contributed by atoms with Crippen LogP contribution < -0.4 is 14.4 Å². The number of ether oxygens (including phenoxy) is 3.